The van der Waals surface area contributed by atoms with E-state index in [9.17, 15) is 4.79 Å². The van der Waals surface area contributed by atoms with E-state index in [2.05, 4.69) is 4.90 Å². The summed E-state index contributed by atoms with van der Waals surface area (Å²) in [6.45, 7) is 5.79. The molecule has 2 amide bonds. The van der Waals surface area contributed by atoms with Crippen LogP contribution >= 0.6 is 0 Å². The van der Waals surface area contributed by atoms with Gasteiger partial charge in [0.25, 0.3) is 0 Å². The van der Waals surface area contributed by atoms with Crippen molar-refractivity contribution in [2.45, 2.75) is 25.7 Å². The molecule has 0 bridgehead atoms. The Hall–Kier alpha value is -0.810. The van der Waals surface area contributed by atoms with Crippen molar-refractivity contribution >= 4 is 6.03 Å². The molecule has 1 saturated heterocycles. The smallest absolute Gasteiger partial charge is 0.319 e. The van der Waals surface area contributed by atoms with Crippen LogP contribution in [0.1, 0.15) is 25.7 Å². The van der Waals surface area contributed by atoms with Crippen LogP contribution in [0.3, 0.4) is 0 Å². The highest BCUT2D eigenvalue weighted by atomic mass is 16.2. The van der Waals surface area contributed by atoms with E-state index in [-0.39, 0.29) is 6.03 Å². The first kappa shape index (κ1) is 15.2. The number of hydrogen-bond donors (Lipinski definition) is 1. The Bertz CT molecular complexity index is 245. The minimum Gasteiger partial charge on any atom is -0.331 e. The Morgan fingerprint density at radius 2 is 1.89 bits per heavy atom. The first-order valence-electron chi connectivity index (χ1n) is 7.04. The van der Waals surface area contributed by atoms with Crippen molar-refractivity contribution in [3.63, 3.8) is 0 Å². The average molecular weight is 256 g/mol. The molecule has 0 unspecified atom stereocenters. The molecule has 1 aliphatic rings. The molecule has 1 rings (SSSR count). The number of urea groups is 1. The SMILES string of the molecule is CN(C)C(=O)N1CCCN(CCCCCN)CC1. The number of nitrogens with two attached hydrogens (primary N) is 1. The van der Waals surface area contributed by atoms with E-state index >= 15 is 0 Å². The molecule has 5 nitrogen and oxygen atoms in total. The topological polar surface area (TPSA) is 52.8 Å². The molecule has 0 spiro atoms. The number of carbonyl (C=O) groups is 1. The lowest BCUT2D eigenvalue weighted by atomic mass is 10.2. The van der Waals surface area contributed by atoms with Gasteiger partial charge in [-0.3, -0.25) is 0 Å². The van der Waals surface area contributed by atoms with Gasteiger partial charge in [0, 0.05) is 33.7 Å². The minimum absolute atomic E-state index is 0.139. The van der Waals surface area contributed by atoms with Gasteiger partial charge in [-0.05, 0) is 38.9 Å². The summed E-state index contributed by atoms with van der Waals surface area (Å²) in [4.78, 5) is 18.0. The van der Waals surface area contributed by atoms with Gasteiger partial charge in [0.1, 0.15) is 0 Å². The van der Waals surface area contributed by atoms with Crippen molar-refractivity contribution in [3.05, 3.63) is 0 Å². The maximum atomic E-state index is 11.9. The Labute approximate surface area is 111 Å². The molecule has 0 radical (unpaired) electrons. The molecule has 0 aliphatic carbocycles. The molecular formula is C13H28N4O. The fourth-order valence-electron chi connectivity index (χ4n) is 2.33. The van der Waals surface area contributed by atoms with Gasteiger partial charge in [0.15, 0.2) is 0 Å². The zero-order valence-electron chi connectivity index (χ0n) is 11.9. The van der Waals surface area contributed by atoms with E-state index in [0.29, 0.717) is 0 Å². The van der Waals surface area contributed by atoms with Crippen LogP contribution < -0.4 is 5.73 Å². The molecule has 0 aromatic rings. The van der Waals surface area contributed by atoms with E-state index < -0.39 is 0 Å². The largest absolute Gasteiger partial charge is 0.331 e. The summed E-state index contributed by atoms with van der Waals surface area (Å²) in [5.41, 5.74) is 5.49. The van der Waals surface area contributed by atoms with Crippen LogP contribution in [0, 0.1) is 0 Å². The van der Waals surface area contributed by atoms with Gasteiger partial charge >= 0.3 is 6.03 Å². The second kappa shape index (κ2) is 8.32. The number of rotatable bonds is 5. The van der Waals surface area contributed by atoms with E-state index in [4.69, 9.17) is 5.73 Å². The number of nitrogens with zero attached hydrogens (tertiary/aromatic N) is 3. The minimum atomic E-state index is 0.139. The van der Waals surface area contributed by atoms with Gasteiger partial charge in [-0.2, -0.15) is 0 Å². The Kier molecular flexibility index (Phi) is 7.05. The summed E-state index contributed by atoms with van der Waals surface area (Å²) in [7, 11) is 3.63. The molecule has 0 aromatic carbocycles. The van der Waals surface area contributed by atoms with Crippen LogP contribution in [0.2, 0.25) is 0 Å². The second-order valence-corrected chi connectivity index (χ2v) is 5.21. The lowest BCUT2D eigenvalue weighted by Gasteiger charge is -2.24. The van der Waals surface area contributed by atoms with E-state index in [0.717, 1.165) is 52.1 Å². The van der Waals surface area contributed by atoms with Crippen LogP contribution in [-0.4, -0.2) is 74.1 Å². The quantitative estimate of drug-likeness (QED) is 0.741. The molecule has 1 aliphatic heterocycles. The predicted molar refractivity (Wildman–Crippen MR) is 74.6 cm³/mol. The highest BCUT2D eigenvalue weighted by Crippen LogP contribution is 2.07. The molecular weight excluding hydrogens is 228 g/mol. The van der Waals surface area contributed by atoms with Crippen LogP contribution in [0.15, 0.2) is 0 Å². The molecule has 18 heavy (non-hydrogen) atoms. The van der Waals surface area contributed by atoms with Gasteiger partial charge in [0.05, 0.1) is 0 Å². The number of hydrogen-bond acceptors (Lipinski definition) is 3. The van der Waals surface area contributed by atoms with Gasteiger partial charge < -0.3 is 20.4 Å². The first-order valence-corrected chi connectivity index (χ1v) is 7.04. The summed E-state index contributed by atoms with van der Waals surface area (Å²) < 4.78 is 0. The second-order valence-electron chi connectivity index (χ2n) is 5.21. The number of amides is 2. The third kappa shape index (κ3) is 5.23. The van der Waals surface area contributed by atoms with Gasteiger partial charge in [0.2, 0.25) is 0 Å². The average Bonchev–Trinajstić information content (AvgIpc) is 2.59. The molecule has 0 atom stereocenters. The summed E-state index contributed by atoms with van der Waals surface area (Å²) in [6, 6.07) is 0.139. The molecule has 2 N–H and O–H groups in total. The molecule has 106 valence electrons. The van der Waals surface area contributed by atoms with Crippen molar-refractivity contribution < 1.29 is 4.79 Å². The Morgan fingerprint density at radius 3 is 2.56 bits per heavy atom. The molecule has 5 heteroatoms. The lowest BCUT2D eigenvalue weighted by molar-refractivity contribution is 0.172. The normalized spacial score (nSPS) is 17.6. The third-order valence-electron chi connectivity index (χ3n) is 3.42. The molecule has 1 fully saturated rings. The van der Waals surface area contributed by atoms with Crippen molar-refractivity contribution in [1.29, 1.82) is 0 Å². The van der Waals surface area contributed by atoms with E-state index in [1.807, 2.05) is 19.0 Å². The van der Waals surface area contributed by atoms with E-state index in [1.165, 1.54) is 12.8 Å². The highest BCUT2D eigenvalue weighted by Gasteiger charge is 2.19. The Morgan fingerprint density at radius 1 is 1.11 bits per heavy atom. The predicted octanol–water partition coefficient (Wildman–Crippen LogP) is 0.805. The summed E-state index contributed by atoms with van der Waals surface area (Å²) >= 11 is 0. The molecule has 0 saturated carbocycles. The fourth-order valence-corrected chi connectivity index (χ4v) is 2.33. The van der Waals surface area contributed by atoms with Gasteiger partial charge in [-0.25, -0.2) is 4.79 Å². The van der Waals surface area contributed by atoms with Crippen LogP contribution in [0.5, 0.6) is 0 Å². The van der Waals surface area contributed by atoms with Crippen molar-refractivity contribution in [1.82, 2.24) is 14.7 Å². The Balaban J connectivity index is 2.26. The van der Waals surface area contributed by atoms with Crippen molar-refractivity contribution in [3.8, 4) is 0 Å². The summed E-state index contributed by atoms with van der Waals surface area (Å²) in [5, 5.41) is 0. The van der Waals surface area contributed by atoms with Gasteiger partial charge in [-0.1, -0.05) is 6.42 Å². The molecule has 1 heterocycles. The van der Waals surface area contributed by atoms with Gasteiger partial charge in [-0.15, -0.1) is 0 Å². The number of unbranched alkanes of at least 4 members (excludes halogenated alkanes) is 2. The van der Waals surface area contributed by atoms with E-state index in [1.54, 1.807) is 4.90 Å². The standard InChI is InChI=1S/C13H28N4O/c1-15(2)13(18)17-10-6-9-16(11-12-17)8-5-3-4-7-14/h3-12,14H2,1-2H3. The van der Waals surface area contributed by atoms with Crippen LogP contribution in [-0.2, 0) is 0 Å². The maximum absolute atomic E-state index is 11.9. The summed E-state index contributed by atoms with van der Waals surface area (Å²) in [5.74, 6) is 0. The highest BCUT2D eigenvalue weighted by molar-refractivity contribution is 5.73. The van der Waals surface area contributed by atoms with Crippen molar-refractivity contribution in [2.75, 3.05) is 53.4 Å². The van der Waals surface area contributed by atoms with Crippen LogP contribution in [0.25, 0.3) is 0 Å². The van der Waals surface area contributed by atoms with Crippen LogP contribution in [0.4, 0.5) is 4.79 Å². The monoisotopic (exact) mass is 256 g/mol. The fraction of sp³-hybridized carbons (Fsp3) is 0.923. The third-order valence-corrected chi connectivity index (χ3v) is 3.42. The zero-order valence-corrected chi connectivity index (χ0v) is 11.9. The lowest BCUT2D eigenvalue weighted by Crippen LogP contribution is -2.41. The molecule has 0 aromatic heterocycles. The maximum Gasteiger partial charge on any atom is 0.319 e. The summed E-state index contributed by atoms with van der Waals surface area (Å²) in [6.07, 6.45) is 4.64. The first-order chi connectivity index (χ1) is 8.65. The number of carbonyl (C=O) groups excluding carboxylic acids is 1. The zero-order chi connectivity index (χ0) is 13.4. The van der Waals surface area contributed by atoms with Crippen molar-refractivity contribution in [2.24, 2.45) is 5.73 Å².